The Morgan fingerprint density at radius 1 is 1.23 bits per heavy atom. The van der Waals surface area contributed by atoms with Gasteiger partial charge in [-0.15, -0.1) is 21.5 Å². The summed E-state index contributed by atoms with van der Waals surface area (Å²) in [5, 5.41) is 14.1. The maximum Gasteiger partial charge on any atom is 0.272 e. The van der Waals surface area contributed by atoms with Gasteiger partial charge in [0.25, 0.3) is 5.56 Å². The van der Waals surface area contributed by atoms with Gasteiger partial charge >= 0.3 is 0 Å². The van der Waals surface area contributed by atoms with E-state index in [0.29, 0.717) is 28.1 Å². The number of nitrogens with one attached hydrogen (secondary N) is 1. The molecule has 0 bridgehead atoms. The van der Waals surface area contributed by atoms with Gasteiger partial charge in [0.1, 0.15) is 4.70 Å². The summed E-state index contributed by atoms with van der Waals surface area (Å²) in [7, 11) is 0. The Bertz CT molecular complexity index is 1320. The highest BCUT2D eigenvalue weighted by molar-refractivity contribution is 7.99. The van der Waals surface area contributed by atoms with E-state index in [9.17, 15) is 9.59 Å². The van der Waals surface area contributed by atoms with Gasteiger partial charge in [-0.05, 0) is 49.3 Å². The molecule has 0 saturated carbocycles. The summed E-state index contributed by atoms with van der Waals surface area (Å²) >= 11 is 2.74. The van der Waals surface area contributed by atoms with Crippen molar-refractivity contribution in [1.29, 1.82) is 0 Å². The number of carbonyl (C=O) groups excluding carboxylic acids is 1. The Morgan fingerprint density at radius 2 is 2.03 bits per heavy atom. The van der Waals surface area contributed by atoms with E-state index in [1.165, 1.54) is 23.1 Å². The third-order valence-corrected chi connectivity index (χ3v) is 6.92. The number of thioether (sulfide) groups is 1. The molecule has 3 heterocycles. The fourth-order valence-electron chi connectivity index (χ4n) is 3.45. The fourth-order valence-corrected chi connectivity index (χ4v) is 5.02. The molecule has 0 fully saturated rings. The van der Waals surface area contributed by atoms with Crippen molar-refractivity contribution >= 4 is 50.7 Å². The molecule has 0 aliphatic heterocycles. The van der Waals surface area contributed by atoms with Crippen molar-refractivity contribution in [3.8, 4) is 0 Å². The van der Waals surface area contributed by atoms with Crippen LogP contribution in [-0.2, 0) is 11.3 Å². The number of amides is 1. The SMILES string of the molecule is Cc1ccc(NC(=O)CSc2nnc3n(CCC(C)C)c(=O)c4sccc4n23)c(C)c1. The van der Waals surface area contributed by atoms with Gasteiger partial charge in [0, 0.05) is 12.2 Å². The van der Waals surface area contributed by atoms with Crippen molar-refractivity contribution in [2.24, 2.45) is 5.92 Å². The largest absolute Gasteiger partial charge is 0.325 e. The quantitative estimate of drug-likeness (QED) is 0.415. The molecule has 31 heavy (non-hydrogen) atoms. The first-order valence-corrected chi connectivity index (χ1v) is 12.1. The lowest BCUT2D eigenvalue weighted by atomic mass is 10.1. The molecule has 0 radical (unpaired) electrons. The minimum Gasteiger partial charge on any atom is -0.325 e. The Kier molecular flexibility index (Phi) is 6.15. The van der Waals surface area contributed by atoms with E-state index in [4.69, 9.17) is 0 Å². The second-order valence-corrected chi connectivity index (χ2v) is 9.91. The molecule has 0 spiro atoms. The van der Waals surface area contributed by atoms with E-state index in [1.54, 1.807) is 4.57 Å². The highest BCUT2D eigenvalue weighted by Gasteiger charge is 2.18. The molecule has 1 aromatic carbocycles. The second kappa shape index (κ2) is 8.84. The molecular weight excluding hydrogens is 430 g/mol. The highest BCUT2D eigenvalue weighted by Crippen LogP contribution is 2.25. The minimum absolute atomic E-state index is 0.0327. The number of benzene rings is 1. The smallest absolute Gasteiger partial charge is 0.272 e. The van der Waals surface area contributed by atoms with Gasteiger partial charge in [0.2, 0.25) is 11.7 Å². The van der Waals surface area contributed by atoms with Crippen LogP contribution >= 0.6 is 23.1 Å². The molecule has 0 aliphatic rings. The average Bonchev–Trinajstić information content (AvgIpc) is 3.35. The molecule has 4 rings (SSSR count). The van der Waals surface area contributed by atoms with Crippen LogP contribution in [0.5, 0.6) is 0 Å². The van der Waals surface area contributed by atoms with Crippen molar-refractivity contribution in [2.75, 3.05) is 11.1 Å². The average molecular weight is 456 g/mol. The van der Waals surface area contributed by atoms with E-state index < -0.39 is 0 Å². The normalized spacial score (nSPS) is 11.6. The van der Waals surface area contributed by atoms with Gasteiger partial charge in [0.05, 0.1) is 11.3 Å². The number of hydrogen-bond donors (Lipinski definition) is 1. The van der Waals surface area contributed by atoms with Crippen LogP contribution < -0.4 is 10.9 Å². The highest BCUT2D eigenvalue weighted by atomic mass is 32.2. The van der Waals surface area contributed by atoms with Crippen LogP contribution in [0.25, 0.3) is 16.0 Å². The van der Waals surface area contributed by atoms with Gasteiger partial charge in [-0.2, -0.15) is 0 Å². The van der Waals surface area contributed by atoms with Crippen LogP contribution in [-0.4, -0.2) is 30.8 Å². The maximum atomic E-state index is 13.0. The maximum absolute atomic E-state index is 13.0. The Morgan fingerprint density at radius 3 is 2.77 bits per heavy atom. The topological polar surface area (TPSA) is 81.3 Å². The van der Waals surface area contributed by atoms with E-state index >= 15 is 0 Å². The standard InChI is InChI=1S/C22H25N5O2S2/c1-13(2)7-9-26-20(29)19-17(8-10-30-19)27-21(26)24-25-22(27)31-12-18(28)23-16-6-5-14(3)11-15(16)4/h5-6,8,10-11,13H,7,9,12H2,1-4H3,(H,23,28). The van der Waals surface area contributed by atoms with Crippen LogP contribution in [0.2, 0.25) is 0 Å². The summed E-state index contributed by atoms with van der Waals surface area (Å²) in [5.74, 6) is 1.08. The third kappa shape index (κ3) is 4.38. The van der Waals surface area contributed by atoms with Crippen molar-refractivity contribution in [3.05, 3.63) is 51.1 Å². The number of rotatable bonds is 7. The van der Waals surface area contributed by atoms with Gasteiger partial charge in [-0.3, -0.25) is 18.6 Å². The fraction of sp³-hybridized carbons (Fsp3) is 0.364. The molecule has 0 saturated heterocycles. The van der Waals surface area contributed by atoms with Gasteiger partial charge < -0.3 is 5.32 Å². The van der Waals surface area contributed by atoms with Crippen LogP contribution in [0, 0.1) is 19.8 Å². The van der Waals surface area contributed by atoms with Crippen molar-refractivity contribution < 1.29 is 4.79 Å². The molecule has 3 aromatic heterocycles. The number of aromatic nitrogens is 4. The molecule has 0 unspecified atom stereocenters. The van der Waals surface area contributed by atoms with Crippen molar-refractivity contribution in [3.63, 3.8) is 0 Å². The predicted molar refractivity (Wildman–Crippen MR) is 127 cm³/mol. The zero-order chi connectivity index (χ0) is 22.1. The van der Waals surface area contributed by atoms with Crippen molar-refractivity contribution in [1.82, 2.24) is 19.2 Å². The van der Waals surface area contributed by atoms with Crippen LogP contribution in [0.3, 0.4) is 0 Å². The first-order valence-electron chi connectivity index (χ1n) is 10.2. The van der Waals surface area contributed by atoms with Crippen LogP contribution in [0.1, 0.15) is 31.4 Å². The van der Waals surface area contributed by atoms with E-state index in [1.807, 2.05) is 47.9 Å². The molecule has 0 atom stereocenters. The Balaban J connectivity index is 1.61. The molecule has 4 aromatic rings. The lowest BCUT2D eigenvalue weighted by molar-refractivity contribution is -0.113. The monoisotopic (exact) mass is 455 g/mol. The Labute approximate surface area is 188 Å². The molecule has 162 valence electrons. The van der Waals surface area contributed by atoms with E-state index in [-0.39, 0.29) is 17.2 Å². The summed E-state index contributed by atoms with van der Waals surface area (Å²) in [5.41, 5.74) is 3.75. The molecule has 7 nitrogen and oxygen atoms in total. The van der Waals surface area contributed by atoms with Gasteiger partial charge in [-0.25, -0.2) is 0 Å². The number of nitrogens with zero attached hydrogens (tertiary/aromatic N) is 4. The zero-order valence-corrected chi connectivity index (χ0v) is 19.6. The van der Waals surface area contributed by atoms with Crippen LogP contribution in [0.15, 0.2) is 39.6 Å². The van der Waals surface area contributed by atoms with Gasteiger partial charge in [0.15, 0.2) is 5.16 Å². The number of anilines is 1. The van der Waals surface area contributed by atoms with Crippen LogP contribution in [0.4, 0.5) is 5.69 Å². The molecule has 1 amide bonds. The van der Waals surface area contributed by atoms with E-state index in [2.05, 4.69) is 29.4 Å². The minimum atomic E-state index is -0.108. The van der Waals surface area contributed by atoms with E-state index in [0.717, 1.165) is 28.8 Å². The summed E-state index contributed by atoms with van der Waals surface area (Å²) < 4.78 is 4.27. The molecule has 1 N–H and O–H groups in total. The summed E-state index contributed by atoms with van der Waals surface area (Å²) in [6.45, 7) is 8.85. The summed E-state index contributed by atoms with van der Waals surface area (Å²) in [6, 6.07) is 7.84. The second-order valence-electron chi connectivity index (χ2n) is 8.05. The number of thiophene rings is 1. The molecule has 0 aliphatic carbocycles. The number of fused-ring (bicyclic) bond motifs is 3. The molecular formula is C22H25N5O2S2. The van der Waals surface area contributed by atoms with Gasteiger partial charge in [-0.1, -0.05) is 43.3 Å². The third-order valence-electron chi connectivity index (χ3n) is 5.10. The summed E-state index contributed by atoms with van der Waals surface area (Å²) in [6.07, 6.45) is 0.875. The number of carbonyl (C=O) groups is 1. The predicted octanol–water partition coefficient (Wildman–Crippen LogP) is 4.50. The number of hydrogen-bond acceptors (Lipinski definition) is 6. The zero-order valence-electron chi connectivity index (χ0n) is 18.0. The lowest BCUT2D eigenvalue weighted by Crippen LogP contribution is -2.23. The summed E-state index contributed by atoms with van der Waals surface area (Å²) in [4.78, 5) is 25.5. The Hall–Kier alpha value is -2.65. The molecule has 9 heteroatoms. The first-order chi connectivity index (χ1) is 14.8. The lowest BCUT2D eigenvalue weighted by Gasteiger charge is -2.11. The number of aryl methyl sites for hydroxylation is 3. The first kappa shape index (κ1) is 21.6. The van der Waals surface area contributed by atoms with Crippen molar-refractivity contribution in [2.45, 2.75) is 45.8 Å².